The SMILES string of the molecule is CCOC(=O)c1c(NC(=O)N/N=C/c2cccc(OC)c2O)sc(C(C)=O)c1C. The maximum absolute atomic E-state index is 12.2. The molecule has 0 aliphatic carbocycles. The smallest absolute Gasteiger partial charge is 0.341 e. The Labute approximate surface area is 171 Å². The van der Waals surface area contributed by atoms with Gasteiger partial charge in [0.1, 0.15) is 5.00 Å². The summed E-state index contributed by atoms with van der Waals surface area (Å²) in [6, 6.07) is 4.09. The molecule has 10 heteroatoms. The molecule has 0 unspecified atom stereocenters. The van der Waals surface area contributed by atoms with Crippen molar-refractivity contribution >= 4 is 40.3 Å². The van der Waals surface area contributed by atoms with Gasteiger partial charge < -0.3 is 14.6 Å². The third-order valence-electron chi connectivity index (χ3n) is 3.79. The van der Waals surface area contributed by atoms with Crippen LogP contribution in [0.2, 0.25) is 0 Å². The molecule has 29 heavy (non-hydrogen) atoms. The highest BCUT2D eigenvalue weighted by Gasteiger charge is 2.25. The van der Waals surface area contributed by atoms with Gasteiger partial charge in [0, 0.05) is 5.56 Å². The Morgan fingerprint density at radius 1 is 1.31 bits per heavy atom. The largest absolute Gasteiger partial charge is 0.504 e. The number of nitrogens with zero attached hydrogens (tertiary/aromatic N) is 1. The number of anilines is 1. The fourth-order valence-electron chi connectivity index (χ4n) is 2.49. The quantitative estimate of drug-likeness (QED) is 0.274. The lowest BCUT2D eigenvalue weighted by atomic mass is 10.1. The topological polar surface area (TPSA) is 126 Å². The number of hydrazone groups is 1. The maximum Gasteiger partial charge on any atom is 0.341 e. The van der Waals surface area contributed by atoms with E-state index in [1.807, 2.05) is 0 Å². The molecule has 0 aliphatic heterocycles. The molecular weight excluding hydrogens is 398 g/mol. The van der Waals surface area contributed by atoms with Gasteiger partial charge >= 0.3 is 12.0 Å². The molecule has 9 nitrogen and oxygen atoms in total. The number of phenols is 1. The summed E-state index contributed by atoms with van der Waals surface area (Å²) in [5, 5.41) is 16.5. The Morgan fingerprint density at radius 3 is 2.66 bits per heavy atom. The lowest BCUT2D eigenvalue weighted by Crippen LogP contribution is -2.24. The van der Waals surface area contributed by atoms with Crippen LogP contribution in [0.15, 0.2) is 23.3 Å². The minimum absolute atomic E-state index is 0.120. The monoisotopic (exact) mass is 419 g/mol. The van der Waals surface area contributed by atoms with Gasteiger partial charge in [-0.25, -0.2) is 15.0 Å². The summed E-state index contributed by atoms with van der Waals surface area (Å²) in [6.07, 6.45) is 1.24. The molecule has 0 fully saturated rings. The number of aromatic hydroxyl groups is 1. The van der Waals surface area contributed by atoms with E-state index in [4.69, 9.17) is 9.47 Å². The number of carbonyl (C=O) groups is 3. The van der Waals surface area contributed by atoms with E-state index in [2.05, 4.69) is 15.8 Å². The van der Waals surface area contributed by atoms with Gasteiger partial charge in [-0.05, 0) is 38.5 Å². The second kappa shape index (κ2) is 9.69. The second-order valence-corrected chi connectivity index (χ2v) is 6.78. The summed E-state index contributed by atoms with van der Waals surface area (Å²) in [6.45, 7) is 4.81. The van der Waals surface area contributed by atoms with Crippen LogP contribution in [0.5, 0.6) is 11.5 Å². The number of rotatable bonds is 7. The number of ketones is 1. The van der Waals surface area contributed by atoms with Gasteiger partial charge in [-0.2, -0.15) is 5.10 Å². The van der Waals surface area contributed by atoms with Crippen molar-refractivity contribution in [2.45, 2.75) is 20.8 Å². The maximum atomic E-state index is 12.2. The number of nitrogens with one attached hydrogen (secondary N) is 2. The summed E-state index contributed by atoms with van der Waals surface area (Å²) in [4.78, 5) is 36.6. The van der Waals surface area contributed by atoms with Gasteiger partial charge in [-0.1, -0.05) is 6.07 Å². The van der Waals surface area contributed by atoms with E-state index in [-0.39, 0.29) is 34.5 Å². The zero-order valence-electron chi connectivity index (χ0n) is 16.4. The first-order valence-corrected chi connectivity index (χ1v) is 9.39. The van der Waals surface area contributed by atoms with Gasteiger partial charge in [-0.3, -0.25) is 10.1 Å². The van der Waals surface area contributed by atoms with Gasteiger partial charge in [0.25, 0.3) is 0 Å². The lowest BCUT2D eigenvalue weighted by Gasteiger charge is -2.07. The fraction of sp³-hybridized carbons (Fsp3) is 0.263. The number of Topliss-reactive ketones (excluding diaryl/α,β-unsaturated/α-hetero) is 1. The van der Waals surface area contributed by atoms with Gasteiger partial charge in [0.15, 0.2) is 17.3 Å². The molecule has 2 amide bonds. The zero-order valence-corrected chi connectivity index (χ0v) is 17.2. The van der Waals surface area contributed by atoms with Crippen LogP contribution >= 0.6 is 11.3 Å². The molecule has 3 N–H and O–H groups in total. The second-order valence-electron chi connectivity index (χ2n) is 5.76. The first kappa shape index (κ1) is 21.9. The molecule has 2 aromatic rings. The normalized spacial score (nSPS) is 10.6. The molecule has 0 saturated heterocycles. The number of urea groups is 1. The average molecular weight is 419 g/mol. The van der Waals surface area contributed by atoms with E-state index >= 15 is 0 Å². The van der Waals surface area contributed by atoms with Crippen LogP contribution in [0.25, 0.3) is 0 Å². The molecule has 2 rings (SSSR count). The van der Waals surface area contributed by atoms with E-state index < -0.39 is 12.0 Å². The number of ether oxygens (including phenoxy) is 2. The number of methoxy groups -OCH3 is 1. The number of phenolic OH excluding ortho intramolecular Hbond substituents is 1. The van der Waals surface area contributed by atoms with Crippen LogP contribution in [-0.2, 0) is 4.74 Å². The number of amides is 2. The number of benzene rings is 1. The van der Waals surface area contributed by atoms with Crippen LogP contribution in [0.4, 0.5) is 9.80 Å². The Hall–Kier alpha value is -3.40. The molecule has 0 saturated carbocycles. The summed E-state index contributed by atoms with van der Waals surface area (Å²) in [7, 11) is 1.42. The van der Waals surface area contributed by atoms with Crippen molar-refractivity contribution in [2.75, 3.05) is 19.0 Å². The average Bonchev–Trinajstić information content (AvgIpc) is 2.99. The van der Waals surface area contributed by atoms with Crippen LogP contribution < -0.4 is 15.5 Å². The molecular formula is C19H21N3O6S. The van der Waals surface area contributed by atoms with E-state index in [0.29, 0.717) is 16.0 Å². The third kappa shape index (κ3) is 5.11. The van der Waals surface area contributed by atoms with Crippen molar-refractivity contribution in [2.24, 2.45) is 5.10 Å². The highest BCUT2D eigenvalue weighted by molar-refractivity contribution is 7.18. The van der Waals surface area contributed by atoms with E-state index in [0.717, 1.165) is 11.3 Å². The summed E-state index contributed by atoms with van der Waals surface area (Å²) < 4.78 is 10.0. The molecule has 0 aliphatic rings. The van der Waals surface area contributed by atoms with Crippen LogP contribution in [0.1, 0.15) is 45.0 Å². The molecule has 1 aromatic heterocycles. The van der Waals surface area contributed by atoms with E-state index in [1.165, 1.54) is 20.2 Å². The number of thiophene rings is 1. The van der Waals surface area contributed by atoms with Crippen molar-refractivity contribution in [3.63, 3.8) is 0 Å². The summed E-state index contributed by atoms with van der Waals surface area (Å²) in [5.41, 5.74) is 3.15. The predicted molar refractivity (Wildman–Crippen MR) is 109 cm³/mol. The Kier molecular flexibility index (Phi) is 7.32. The lowest BCUT2D eigenvalue weighted by molar-refractivity contribution is 0.0527. The zero-order chi connectivity index (χ0) is 21.6. The Morgan fingerprint density at radius 2 is 2.03 bits per heavy atom. The standard InChI is InChI=1S/C19H21N3O6S/c1-5-28-18(25)14-10(2)16(11(3)23)29-17(14)21-19(26)22-20-9-12-7-6-8-13(27-4)15(12)24/h6-9,24H,5H2,1-4H3,(H2,21,22,26)/b20-9+. The molecule has 154 valence electrons. The van der Waals surface area contributed by atoms with E-state index in [1.54, 1.807) is 32.0 Å². The molecule has 0 radical (unpaired) electrons. The third-order valence-corrected chi connectivity index (χ3v) is 5.10. The fourth-order valence-corrected chi connectivity index (χ4v) is 3.57. The van der Waals surface area contributed by atoms with Crippen molar-refractivity contribution in [1.29, 1.82) is 0 Å². The molecule has 1 heterocycles. The van der Waals surface area contributed by atoms with Gasteiger partial charge in [-0.15, -0.1) is 11.3 Å². The number of hydrogen-bond donors (Lipinski definition) is 3. The molecule has 0 atom stereocenters. The van der Waals surface area contributed by atoms with Crippen molar-refractivity contribution in [3.8, 4) is 11.5 Å². The highest BCUT2D eigenvalue weighted by atomic mass is 32.1. The number of carbonyl (C=O) groups excluding carboxylic acids is 3. The van der Waals surface area contributed by atoms with Crippen molar-refractivity contribution in [3.05, 3.63) is 39.8 Å². The van der Waals surface area contributed by atoms with Crippen LogP contribution in [0, 0.1) is 6.92 Å². The Bertz CT molecular complexity index is 967. The minimum atomic E-state index is -0.731. The molecule has 1 aromatic carbocycles. The van der Waals surface area contributed by atoms with Crippen LogP contribution in [0.3, 0.4) is 0 Å². The predicted octanol–water partition coefficient (Wildman–Crippen LogP) is 3.31. The highest BCUT2D eigenvalue weighted by Crippen LogP contribution is 2.34. The number of esters is 1. The summed E-state index contributed by atoms with van der Waals surface area (Å²) in [5.74, 6) is -0.708. The first-order valence-electron chi connectivity index (χ1n) is 8.57. The van der Waals surface area contributed by atoms with Crippen molar-refractivity contribution in [1.82, 2.24) is 5.43 Å². The first-order chi connectivity index (χ1) is 13.8. The van der Waals surface area contributed by atoms with Crippen LogP contribution in [-0.4, -0.2) is 42.8 Å². The van der Waals surface area contributed by atoms with E-state index in [9.17, 15) is 19.5 Å². The Balaban J connectivity index is 2.17. The molecule has 0 spiro atoms. The van der Waals surface area contributed by atoms with Crippen molar-refractivity contribution < 1.29 is 29.0 Å². The molecule has 0 bridgehead atoms. The minimum Gasteiger partial charge on any atom is -0.504 e. The number of hydrogen-bond acceptors (Lipinski definition) is 8. The van der Waals surface area contributed by atoms with Gasteiger partial charge in [0.2, 0.25) is 0 Å². The van der Waals surface area contributed by atoms with Gasteiger partial charge in [0.05, 0.1) is 30.4 Å². The number of para-hydroxylation sites is 1. The summed E-state index contributed by atoms with van der Waals surface area (Å²) >= 11 is 0.983.